The van der Waals surface area contributed by atoms with Gasteiger partial charge in [0.25, 0.3) is 11.8 Å². The van der Waals surface area contributed by atoms with Gasteiger partial charge < -0.3 is 24.6 Å². The van der Waals surface area contributed by atoms with Crippen molar-refractivity contribution in [1.82, 2.24) is 20.4 Å². The lowest BCUT2D eigenvalue weighted by Crippen LogP contribution is -2.59. The molecule has 6 rings (SSSR count). The number of ether oxygens (including phenoxy) is 2. The van der Waals surface area contributed by atoms with Gasteiger partial charge in [0.2, 0.25) is 0 Å². The molecular weight excluding hydrogens is 716 g/mol. The zero-order chi connectivity index (χ0) is 41.4. The molecule has 4 aliphatic rings. The molecule has 0 radical (unpaired) electrons. The van der Waals surface area contributed by atoms with E-state index in [1.54, 1.807) is 41.5 Å². The van der Waals surface area contributed by atoms with E-state index < -0.39 is 46.4 Å². The number of carbonyl (C=O) groups is 6. The summed E-state index contributed by atoms with van der Waals surface area (Å²) in [4.78, 5) is 82.1. The first-order valence-corrected chi connectivity index (χ1v) is 19.6. The minimum atomic E-state index is -1.51. The Morgan fingerprint density at radius 1 is 0.661 bits per heavy atom. The number of rotatable bonds is 4. The highest BCUT2D eigenvalue weighted by Crippen LogP contribution is 2.41. The fraction of sp³-hybridized carbons (Fsp3) is 0.571. The summed E-state index contributed by atoms with van der Waals surface area (Å²) in [6.45, 7) is 21.0. The predicted octanol–water partition coefficient (Wildman–Crippen LogP) is 7.27. The molecule has 4 heterocycles. The van der Waals surface area contributed by atoms with Crippen LogP contribution in [0.3, 0.4) is 0 Å². The molecule has 14 nitrogen and oxygen atoms in total. The summed E-state index contributed by atoms with van der Waals surface area (Å²) in [6, 6.07) is 15.1. The van der Waals surface area contributed by atoms with Gasteiger partial charge in [-0.2, -0.15) is 4.90 Å². The number of piperidine rings is 2. The van der Waals surface area contributed by atoms with Gasteiger partial charge in [-0.25, -0.2) is 24.1 Å². The highest BCUT2D eigenvalue weighted by Gasteiger charge is 2.64. The number of amides is 8. The smallest absolute Gasteiger partial charge is 0.425 e. The van der Waals surface area contributed by atoms with E-state index in [2.05, 4.69) is 78.5 Å². The quantitative estimate of drug-likeness (QED) is 0.303. The maximum atomic E-state index is 13.7. The Morgan fingerprint density at radius 2 is 1.09 bits per heavy atom. The molecule has 0 saturated carbocycles. The van der Waals surface area contributed by atoms with Gasteiger partial charge in [-0.3, -0.25) is 14.9 Å². The Morgan fingerprint density at radius 3 is 1.50 bits per heavy atom. The van der Waals surface area contributed by atoms with Crippen LogP contribution in [0.25, 0.3) is 0 Å². The number of hydrogen-bond acceptors (Lipinski definition) is 10. The maximum Gasteiger partial charge on any atom is 0.425 e. The number of para-hydroxylation sites is 2. The van der Waals surface area contributed by atoms with Crippen LogP contribution in [-0.4, -0.2) is 94.3 Å². The number of imide groups is 5. The molecule has 2 spiro atoms. The normalized spacial score (nSPS) is 19.4. The Balaban J connectivity index is 0.000000242. The first-order valence-electron chi connectivity index (χ1n) is 19.6. The van der Waals surface area contributed by atoms with Gasteiger partial charge >= 0.3 is 24.2 Å². The molecule has 4 aliphatic heterocycles. The van der Waals surface area contributed by atoms with E-state index in [1.165, 1.54) is 16.8 Å². The molecule has 0 aromatic heterocycles. The summed E-state index contributed by atoms with van der Waals surface area (Å²) in [5.41, 5.74) is 0.783. The van der Waals surface area contributed by atoms with Crippen LogP contribution in [-0.2, 0) is 19.1 Å². The van der Waals surface area contributed by atoms with E-state index >= 15 is 0 Å². The molecular formula is C42H58N6O8. The summed E-state index contributed by atoms with van der Waals surface area (Å²) in [7, 11) is 0. The molecule has 0 aliphatic carbocycles. The van der Waals surface area contributed by atoms with Gasteiger partial charge in [0.15, 0.2) is 0 Å². The average Bonchev–Trinajstić information content (AvgIpc) is 3.50. The van der Waals surface area contributed by atoms with Crippen LogP contribution < -0.4 is 20.4 Å². The van der Waals surface area contributed by atoms with Crippen molar-refractivity contribution in [3.05, 3.63) is 59.7 Å². The number of hydrogen-bond donors (Lipinski definition) is 2. The topological polar surface area (TPSA) is 158 Å². The molecule has 0 unspecified atom stereocenters. The third kappa shape index (κ3) is 8.63. The lowest BCUT2D eigenvalue weighted by Gasteiger charge is -2.42. The summed E-state index contributed by atoms with van der Waals surface area (Å²) >= 11 is 0. The second kappa shape index (κ2) is 15.8. The third-order valence-corrected chi connectivity index (χ3v) is 10.6. The number of carbonyl (C=O) groups excluding carboxylic acids is 6. The first-order chi connectivity index (χ1) is 26.1. The van der Waals surface area contributed by atoms with Crippen molar-refractivity contribution in [2.45, 2.75) is 129 Å². The largest absolute Gasteiger partial charge is 0.443 e. The Labute approximate surface area is 330 Å². The minimum absolute atomic E-state index is 0.169. The van der Waals surface area contributed by atoms with Crippen molar-refractivity contribution in [2.75, 3.05) is 36.0 Å². The van der Waals surface area contributed by atoms with Crippen LogP contribution in [0.2, 0.25) is 0 Å². The molecule has 14 heteroatoms. The molecule has 4 fully saturated rings. The van der Waals surface area contributed by atoms with Gasteiger partial charge in [0.05, 0.1) is 0 Å². The molecule has 0 bridgehead atoms. The van der Waals surface area contributed by atoms with Gasteiger partial charge in [-0.15, -0.1) is 0 Å². The predicted molar refractivity (Wildman–Crippen MR) is 213 cm³/mol. The van der Waals surface area contributed by atoms with E-state index in [0.717, 1.165) is 23.7 Å². The summed E-state index contributed by atoms with van der Waals surface area (Å²) < 4.78 is 10.8. The summed E-state index contributed by atoms with van der Waals surface area (Å²) in [6.07, 6.45) is -0.400. The lowest BCUT2D eigenvalue weighted by molar-refractivity contribution is -0.133. The van der Waals surface area contributed by atoms with Gasteiger partial charge in [-0.05, 0) is 102 Å². The zero-order valence-corrected chi connectivity index (χ0v) is 34.5. The number of nitrogens with zero attached hydrogens (tertiary/aromatic N) is 4. The van der Waals surface area contributed by atoms with Crippen LogP contribution in [0.4, 0.5) is 30.6 Å². The average molecular weight is 775 g/mol. The first kappa shape index (κ1) is 42.0. The molecule has 8 amide bonds. The second-order valence-electron chi connectivity index (χ2n) is 17.6. The Kier molecular flexibility index (Phi) is 11.8. The number of benzene rings is 2. The lowest BCUT2D eigenvalue weighted by atomic mass is 9.85. The van der Waals surface area contributed by atoms with E-state index in [4.69, 9.17) is 9.47 Å². The van der Waals surface area contributed by atoms with Crippen LogP contribution in [0.5, 0.6) is 0 Å². The number of urea groups is 2. The summed E-state index contributed by atoms with van der Waals surface area (Å²) in [5, 5.41) is 5.16. The van der Waals surface area contributed by atoms with E-state index in [1.807, 2.05) is 18.2 Å². The SMILES string of the molecule is CC(C)c1ccccc1N1CCC2(CC1)C(=O)N(C(=O)OC(C)(C)C)C(=O)N2C(=O)OC(C)(C)C.CC(C)c1ccccc1N1CCC2(CC1)NC(=O)NC2=O. The monoisotopic (exact) mass is 774 g/mol. The van der Waals surface area contributed by atoms with Crippen molar-refractivity contribution in [3.8, 4) is 0 Å². The van der Waals surface area contributed by atoms with Crippen molar-refractivity contribution >= 4 is 47.4 Å². The minimum Gasteiger partial charge on any atom is -0.443 e. The summed E-state index contributed by atoms with van der Waals surface area (Å²) in [5.74, 6) is -0.159. The van der Waals surface area contributed by atoms with Crippen molar-refractivity contribution in [2.24, 2.45) is 0 Å². The number of anilines is 2. The zero-order valence-electron chi connectivity index (χ0n) is 34.5. The van der Waals surface area contributed by atoms with E-state index in [-0.39, 0.29) is 24.8 Å². The molecule has 2 aromatic rings. The molecule has 56 heavy (non-hydrogen) atoms. The van der Waals surface area contributed by atoms with Crippen LogP contribution in [0.1, 0.15) is 118 Å². The standard InChI is InChI=1S/C26H37N3O6.C16H21N3O2/c1-17(2)18-11-9-10-12-19(18)27-15-13-26(14-16-27)20(30)28(22(32)34-24(3,4)5)21(31)29(26)23(33)35-25(6,7)8;1-11(2)12-5-3-4-6-13(12)19-9-7-16(8-10-19)14(20)17-15(21)18-16/h9-12,17H,13-16H2,1-8H3;3-6,11H,7-10H2,1-2H3,(H2,17,18,20,21). The van der Waals surface area contributed by atoms with Gasteiger partial charge in [0.1, 0.15) is 22.3 Å². The van der Waals surface area contributed by atoms with Crippen LogP contribution in [0, 0.1) is 0 Å². The molecule has 2 aromatic carbocycles. The highest BCUT2D eigenvalue weighted by molar-refractivity contribution is 6.21. The Hall–Kier alpha value is -5.14. The van der Waals surface area contributed by atoms with E-state index in [9.17, 15) is 28.8 Å². The molecule has 2 N–H and O–H groups in total. The van der Waals surface area contributed by atoms with Gasteiger partial charge in [-0.1, -0.05) is 64.1 Å². The number of nitrogens with one attached hydrogen (secondary N) is 2. The maximum absolute atomic E-state index is 13.7. The fourth-order valence-corrected chi connectivity index (χ4v) is 7.79. The molecule has 4 saturated heterocycles. The molecule has 0 atom stereocenters. The van der Waals surface area contributed by atoms with Gasteiger partial charge in [0, 0.05) is 37.6 Å². The van der Waals surface area contributed by atoms with Crippen molar-refractivity contribution in [1.29, 1.82) is 0 Å². The van der Waals surface area contributed by atoms with Crippen molar-refractivity contribution < 1.29 is 38.2 Å². The fourth-order valence-electron chi connectivity index (χ4n) is 7.79. The van der Waals surface area contributed by atoms with E-state index in [0.29, 0.717) is 42.7 Å². The third-order valence-electron chi connectivity index (χ3n) is 10.6. The van der Waals surface area contributed by atoms with Crippen LogP contribution in [0.15, 0.2) is 48.5 Å². The second-order valence-corrected chi connectivity index (χ2v) is 17.6. The highest BCUT2D eigenvalue weighted by atomic mass is 16.6. The molecule has 304 valence electrons. The van der Waals surface area contributed by atoms with Crippen molar-refractivity contribution in [3.63, 3.8) is 0 Å². The van der Waals surface area contributed by atoms with Crippen LogP contribution >= 0.6 is 0 Å². The Bertz CT molecular complexity index is 1850.